The van der Waals surface area contributed by atoms with E-state index in [0.717, 1.165) is 45.8 Å². The van der Waals surface area contributed by atoms with E-state index in [0.29, 0.717) is 5.92 Å². The monoisotopic (exact) mass is 841 g/mol. The molecule has 0 N–H and O–H groups in total. The van der Waals surface area contributed by atoms with Gasteiger partial charge in [0.05, 0.1) is 17.0 Å². The molecule has 6 aromatic carbocycles. The molecule has 11 rings (SSSR count). The maximum Gasteiger partial charge on any atom is 0.297 e. The van der Waals surface area contributed by atoms with Crippen LogP contribution in [0.3, 0.4) is 0 Å². The average Bonchev–Trinajstić information content (AvgIpc) is 3.64. The van der Waals surface area contributed by atoms with Crippen LogP contribution in [0.4, 0.5) is 45.5 Å². The lowest BCUT2D eigenvalue weighted by atomic mass is 9.35. The van der Waals surface area contributed by atoms with Gasteiger partial charge >= 0.3 is 0 Å². The molecule has 1 atom stereocenters. The van der Waals surface area contributed by atoms with Crippen molar-refractivity contribution in [1.82, 2.24) is 0 Å². The second kappa shape index (κ2) is 14.1. The maximum absolute atomic E-state index is 7.74. The Morgan fingerprint density at radius 2 is 1.17 bits per heavy atom. The second-order valence-corrected chi connectivity index (χ2v) is 22.2. The molecule has 4 nitrogen and oxygen atoms in total. The van der Waals surface area contributed by atoms with Crippen molar-refractivity contribution in [2.45, 2.75) is 102 Å². The molecule has 63 heavy (non-hydrogen) atoms. The highest BCUT2D eigenvalue weighted by Crippen LogP contribution is 2.56. The van der Waals surface area contributed by atoms with Gasteiger partial charge in [0.2, 0.25) is 0 Å². The van der Waals surface area contributed by atoms with Gasteiger partial charge in [-0.1, -0.05) is 148 Å². The molecule has 0 fully saturated rings. The Hall–Kier alpha value is -5.85. The summed E-state index contributed by atoms with van der Waals surface area (Å²) in [6, 6.07) is 46.1. The van der Waals surface area contributed by atoms with E-state index in [4.69, 9.17) is 4.42 Å². The molecule has 6 heteroatoms. The lowest BCUT2D eigenvalue weighted by Gasteiger charge is -2.43. The quantitative estimate of drug-likeness (QED) is 0.165. The Labute approximate surface area is 378 Å². The molecule has 7 aromatic rings. The summed E-state index contributed by atoms with van der Waals surface area (Å²) in [7, 11) is 0. The Balaban J connectivity index is 1.22. The minimum Gasteiger partial charge on any atom is -0.466 e. The average molecular weight is 842 g/mol. The van der Waals surface area contributed by atoms with Crippen LogP contribution in [-0.4, -0.2) is 6.71 Å². The molecule has 1 aromatic heterocycles. The van der Waals surface area contributed by atoms with Gasteiger partial charge in [-0.25, -0.2) is 0 Å². The number of benzene rings is 6. The Bertz CT molecular complexity index is 3050. The van der Waals surface area contributed by atoms with E-state index < -0.39 is 0 Å². The maximum atomic E-state index is 7.74. The van der Waals surface area contributed by atoms with Crippen LogP contribution in [0.1, 0.15) is 92.3 Å². The van der Waals surface area contributed by atoms with Crippen molar-refractivity contribution in [3.05, 3.63) is 162 Å². The molecular weight excluding hydrogens is 786 g/mol. The normalized spacial score (nSPS) is 16.7. The fraction of sp³-hybridized carbons (Fsp3) is 0.263. The molecular formula is C57H56BN3OS. The molecule has 0 radical (unpaired) electrons. The SMILES string of the molecule is CC1C=CC(N2c3ccccc3Sc3ccc4c5c(oc4c32)B2c3cc(C(C)(C)C)ccc3N(c3ccc(C(C)(C)C)cc3)c3cccc(c32)N5c2ccc(C(C)(C)C)cc2)=CC1. The van der Waals surface area contributed by atoms with Gasteiger partial charge in [-0.2, -0.15) is 0 Å². The van der Waals surface area contributed by atoms with Gasteiger partial charge in [-0.05, 0) is 129 Å². The molecule has 1 aliphatic carbocycles. The van der Waals surface area contributed by atoms with Crippen molar-refractivity contribution in [3.63, 3.8) is 0 Å². The van der Waals surface area contributed by atoms with Gasteiger partial charge in [-0.15, -0.1) is 0 Å². The molecule has 0 saturated carbocycles. The smallest absolute Gasteiger partial charge is 0.297 e. The van der Waals surface area contributed by atoms with Crippen LogP contribution in [0.25, 0.3) is 11.0 Å². The first-order valence-electron chi connectivity index (χ1n) is 22.7. The van der Waals surface area contributed by atoms with E-state index >= 15 is 0 Å². The molecule has 4 aliphatic rings. The van der Waals surface area contributed by atoms with Gasteiger partial charge in [0, 0.05) is 49.3 Å². The number of hydrogen-bond donors (Lipinski definition) is 0. The number of rotatable bonds is 3. The van der Waals surface area contributed by atoms with Crippen molar-refractivity contribution < 1.29 is 4.42 Å². The van der Waals surface area contributed by atoms with Crippen molar-refractivity contribution >= 4 is 91.5 Å². The number of fused-ring (bicyclic) bond motifs is 9. The summed E-state index contributed by atoms with van der Waals surface area (Å²) in [5.41, 5.74) is 18.8. The van der Waals surface area contributed by atoms with Crippen molar-refractivity contribution in [2.75, 3.05) is 14.7 Å². The van der Waals surface area contributed by atoms with Gasteiger partial charge in [0.15, 0.2) is 5.58 Å². The third-order valence-corrected chi connectivity index (χ3v) is 14.8. The third-order valence-electron chi connectivity index (χ3n) is 13.6. The molecule has 0 amide bonds. The van der Waals surface area contributed by atoms with Gasteiger partial charge < -0.3 is 19.1 Å². The van der Waals surface area contributed by atoms with Gasteiger partial charge in [0.25, 0.3) is 6.71 Å². The summed E-state index contributed by atoms with van der Waals surface area (Å²) in [5.74, 6) is 0.501. The van der Waals surface area contributed by atoms with E-state index in [1.807, 2.05) is 11.8 Å². The zero-order valence-corrected chi connectivity index (χ0v) is 39.1. The minimum atomic E-state index is -0.145. The van der Waals surface area contributed by atoms with Crippen LogP contribution >= 0.6 is 11.8 Å². The van der Waals surface area contributed by atoms with E-state index in [2.05, 4.69) is 223 Å². The Kier molecular flexibility index (Phi) is 8.93. The van der Waals surface area contributed by atoms with Crippen LogP contribution < -0.4 is 31.3 Å². The molecule has 314 valence electrons. The number of allylic oxidation sites excluding steroid dienone is 3. The van der Waals surface area contributed by atoms with Crippen molar-refractivity contribution in [2.24, 2.45) is 5.92 Å². The Morgan fingerprint density at radius 3 is 1.81 bits per heavy atom. The highest BCUT2D eigenvalue weighted by Gasteiger charge is 2.47. The number of anilines is 8. The Morgan fingerprint density at radius 1 is 0.571 bits per heavy atom. The molecule has 1 unspecified atom stereocenters. The number of furan rings is 1. The molecule has 0 saturated heterocycles. The topological polar surface area (TPSA) is 22.9 Å². The predicted molar refractivity (Wildman–Crippen MR) is 270 cm³/mol. The molecule has 3 aliphatic heterocycles. The highest BCUT2D eigenvalue weighted by molar-refractivity contribution is 7.99. The zero-order chi connectivity index (χ0) is 43.7. The lowest BCUT2D eigenvalue weighted by molar-refractivity contribution is 0.590. The minimum absolute atomic E-state index is 0.0268. The third kappa shape index (κ3) is 6.34. The summed E-state index contributed by atoms with van der Waals surface area (Å²) in [6.45, 7) is 22.8. The second-order valence-electron chi connectivity index (χ2n) is 21.1. The van der Waals surface area contributed by atoms with Crippen LogP contribution in [0.2, 0.25) is 0 Å². The van der Waals surface area contributed by atoms with Crippen molar-refractivity contribution in [1.29, 1.82) is 0 Å². The van der Waals surface area contributed by atoms with Crippen LogP contribution in [0, 0.1) is 5.92 Å². The predicted octanol–water partition coefficient (Wildman–Crippen LogP) is 14.5. The van der Waals surface area contributed by atoms with Gasteiger partial charge in [-0.3, -0.25) is 0 Å². The fourth-order valence-corrected chi connectivity index (χ4v) is 11.2. The summed E-state index contributed by atoms with van der Waals surface area (Å²) in [4.78, 5) is 9.92. The fourth-order valence-electron chi connectivity index (χ4n) is 10.1. The van der Waals surface area contributed by atoms with Crippen molar-refractivity contribution in [3.8, 4) is 0 Å². The van der Waals surface area contributed by atoms with E-state index in [9.17, 15) is 0 Å². The standard InChI is InChI=1S/C57H56BN3OS/c1-35-18-25-40(26-19-35)60-45-14-11-12-17-48(45)63-49-33-31-42-51-54(62-53(42)52(49)60)58-43-34-38(57(8,9)10)24-32-44(43)59(39-27-20-36(21-28-39)55(2,3)4)46-15-13-16-47(50(46)58)61(51)41-29-22-37(23-30-41)56(5,6)7/h11-18,20-35H,19H2,1-10H3. The van der Waals surface area contributed by atoms with E-state index in [1.165, 1.54) is 65.9 Å². The van der Waals surface area contributed by atoms with Crippen LogP contribution in [0.5, 0.6) is 0 Å². The summed E-state index contributed by atoms with van der Waals surface area (Å²) in [5, 5.41) is 1.12. The molecule has 0 bridgehead atoms. The lowest BCUT2D eigenvalue weighted by Crippen LogP contribution is -2.61. The largest absolute Gasteiger partial charge is 0.466 e. The van der Waals surface area contributed by atoms with Crippen LogP contribution in [0.15, 0.2) is 159 Å². The first-order chi connectivity index (χ1) is 30.1. The van der Waals surface area contributed by atoms with E-state index in [1.54, 1.807) is 0 Å². The van der Waals surface area contributed by atoms with Crippen LogP contribution in [-0.2, 0) is 16.2 Å². The summed E-state index contributed by atoms with van der Waals surface area (Å²) >= 11 is 1.84. The van der Waals surface area contributed by atoms with Gasteiger partial charge in [0.1, 0.15) is 5.69 Å². The molecule has 0 spiro atoms. The zero-order valence-electron chi connectivity index (χ0n) is 38.3. The highest BCUT2D eigenvalue weighted by atomic mass is 32.2. The number of para-hydroxylation sites is 1. The first-order valence-corrected chi connectivity index (χ1v) is 23.5. The molecule has 4 heterocycles. The summed E-state index contributed by atoms with van der Waals surface area (Å²) in [6.07, 6.45) is 8.06. The first kappa shape index (κ1) is 40.0. The number of hydrogen-bond acceptors (Lipinski definition) is 5. The van der Waals surface area contributed by atoms with E-state index in [-0.39, 0.29) is 23.0 Å². The number of nitrogens with zero attached hydrogens (tertiary/aromatic N) is 3. The summed E-state index contributed by atoms with van der Waals surface area (Å²) < 4.78 is 7.74.